The molecule has 2 amide bonds. The number of nitrogens with one attached hydrogen (secondary N) is 2. The smallest absolute Gasteiger partial charge is 0.313 e. The highest BCUT2D eigenvalue weighted by Crippen LogP contribution is 2.42. The van der Waals surface area contributed by atoms with E-state index < -0.39 is 147 Å². The Morgan fingerprint density at radius 2 is 0.855 bits per heavy atom. The molecule has 10 atom stereocenters. The molecule has 19 heteroatoms. The van der Waals surface area contributed by atoms with Crippen LogP contribution in [0.15, 0.2) is 0 Å². The van der Waals surface area contributed by atoms with Crippen molar-refractivity contribution in [3.63, 3.8) is 0 Å². The Balaban J connectivity index is 2.99. The molecule has 2 heterocycles. The predicted octanol–water partition coefficient (Wildman–Crippen LogP) is 4.16. The van der Waals surface area contributed by atoms with Gasteiger partial charge in [0.1, 0.15) is 49.0 Å². The molecule has 0 radical (unpaired) electrons. The van der Waals surface area contributed by atoms with E-state index in [1.54, 1.807) is 104 Å². The molecule has 62 heavy (non-hydrogen) atoms. The van der Waals surface area contributed by atoms with E-state index in [9.17, 15) is 38.4 Å². The summed E-state index contributed by atoms with van der Waals surface area (Å²) in [5.41, 5.74) is -6.55. The van der Waals surface area contributed by atoms with Gasteiger partial charge in [-0.3, -0.25) is 38.4 Å². The van der Waals surface area contributed by atoms with E-state index in [-0.39, 0.29) is 0 Å². The number of hydrogen-bond acceptors (Lipinski definition) is 17. The number of esters is 6. The van der Waals surface area contributed by atoms with Crippen molar-refractivity contribution in [2.45, 2.75) is 184 Å². The molecule has 18 nitrogen and oxygen atoms in total. The third-order valence-electron chi connectivity index (χ3n) is 9.15. The van der Waals surface area contributed by atoms with Gasteiger partial charge in [-0.15, -0.1) is 11.8 Å². The van der Waals surface area contributed by atoms with Gasteiger partial charge in [-0.1, -0.05) is 0 Å². The van der Waals surface area contributed by atoms with Gasteiger partial charge < -0.3 is 48.5 Å². The zero-order valence-corrected chi connectivity index (χ0v) is 40.4. The third-order valence-corrected chi connectivity index (χ3v) is 10.7. The Bertz CT molecular complexity index is 1660. The molecule has 0 aromatic heterocycles. The van der Waals surface area contributed by atoms with E-state index in [1.165, 1.54) is 13.8 Å². The fourth-order valence-electron chi connectivity index (χ4n) is 5.63. The average molecular weight is 903 g/mol. The lowest BCUT2D eigenvalue weighted by Crippen LogP contribution is -2.68. The Kier molecular flexibility index (Phi) is 18.1. The molecule has 0 unspecified atom stereocenters. The number of amides is 2. The van der Waals surface area contributed by atoms with Gasteiger partial charge in [-0.25, -0.2) is 0 Å². The molecule has 354 valence electrons. The zero-order chi connectivity index (χ0) is 48.1. The second-order valence-corrected chi connectivity index (χ2v) is 22.1. The van der Waals surface area contributed by atoms with Gasteiger partial charge in [0.2, 0.25) is 18.1 Å². The van der Waals surface area contributed by atoms with Crippen LogP contribution >= 0.6 is 11.8 Å². The summed E-state index contributed by atoms with van der Waals surface area (Å²) in [5.74, 6) is -5.52. The molecule has 0 aliphatic carbocycles. The first kappa shape index (κ1) is 54.2. The van der Waals surface area contributed by atoms with Gasteiger partial charge in [0.25, 0.3) is 0 Å². The first-order valence-corrected chi connectivity index (χ1v) is 21.5. The lowest BCUT2D eigenvalue weighted by atomic mass is 9.94. The molecule has 2 aliphatic rings. The number of hydrogen-bond donors (Lipinski definition) is 2. The van der Waals surface area contributed by atoms with Crippen LogP contribution in [0.2, 0.25) is 0 Å². The largest absolute Gasteiger partial charge is 0.462 e. The highest BCUT2D eigenvalue weighted by Gasteiger charge is 2.57. The van der Waals surface area contributed by atoms with Crippen molar-refractivity contribution in [2.24, 2.45) is 27.1 Å². The van der Waals surface area contributed by atoms with Crippen LogP contribution in [0.25, 0.3) is 0 Å². The van der Waals surface area contributed by atoms with E-state index >= 15 is 0 Å². The number of carbonyl (C=O) groups is 8. The number of rotatable bonds is 12. The van der Waals surface area contributed by atoms with Gasteiger partial charge in [0, 0.05) is 20.8 Å². The molecule has 2 fully saturated rings. The van der Waals surface area contributed by atoms with E-state index in [1.807, 2.05) is 0 Å². The van der Waals surface area contributed by atoms with Crippen molar-refractivity contribution in [3.8, 4) is 0 Å². The lowest BCUT2D eigenvalue weighted by molar-refractivity contribution is -0.243. The Labute approximate surface area is 369 Å². The molecule has 0 bridgehead atoms. The van der Waals surface area contributed by atoms with Crippen molar-refractivity contribution in [1.82, 2.24) is 10.6 Å². The summed E-state index contributed by atoms with van der Waals surface area (Å²) in [7, 11) is 0. The molecule has 0 spiro atoms. The monoisotopic (exact) mass is 902 g/mol. The molecule has 0 aromatic rings. The SMILES string of the molecule is CC(=O)N[C@@H]1[C@@H](OC(C)=O)[C@@H](OC(=O)C(C)(C)C)[C@@H](COC(=O)C(C)(C)C)O[C@H]1S[C@@H]1[C@H](OC(=O)C(C)(C)C)[C@@H](NC(C)=O)[C@H](OC(=O)C(C)(C)C)O[C@@H]1COC(=O)C(C)(C)C. The van der Waals surface area contributed by atoms with Gasteiger partial charge in [-0.2, -0.15) is 0 Å². The third kappa shape index (κ3) is 15.7. The van der Waals surface area contributed by atoms with Crippen LogP contribution in [0, 0.1) is 27.1 Å². The molecule has 2 rings (SSSR count). The van der Waals surface area contributed by atoms with Crippen molar-refractivity contribution >= 4 is 59.4 Å². The molecule has 2 N–H and O–H groups in total. The molecule has 2 saturated heterocycles. The average Bonchev–Trinajstić information content (AvgIpc) is 3.08. The summed E-state index contributed by atoms with van der Waals surface area (Å²) >= 11 is 0.883. The van der Waals surface area contributed by atoms with Crippen LogP contribution in [-0.4, -0.2) is 120 Å². The quantitative estimate of drug-likeness (QED) is 0.207. The normalized spacial score (nSPS) is 27.1. The fraction of sp³-hybridized carbons (Fsp3) is 0.814. The maximum absolute atomic E-state index is 13.9. The van der Waals surface area contributed by atoms with Crippen LogP contribution in [0.3, 0.4) is 0 Å². The zero-order valence-electron chi connectivity index (χ0n) is 39.6. The summed E-state index contributed by atoms with van der Waals surface area (Å²) in [4.78, 5) is 106. The number of carbonyl (C=O) groups excluding carboxylic acids is 8. The van der Waals surface area contributed by atoms with Crippen LogP contribution in [0.4, 0.5) is 0 Å². The molecule has 2 aliphatic heterocycles. The second-order valence-electron chi connectivity index (χ2n) is 20.8. The molecular formula is C43H70N2O16S. The highest BCUT2D eigenvalue weighted by molar-refractivity contribution is 8.00. The van der Waals surface area contributed by atoms with Crippen LogP contribution in [-0.2, 0) is 76.3 Å². The fourth-order valence-corrected chi connectivity index (χ4v) is 7.24. The second kappa shape index (κ2) is 20.7. The summed E-state index contributed by atoms with van der Waals surface area (Å²) in [6.07, 6.45) is -8.62. The summed E-state index contributed by atoms with van der Waals surface area (Å²) in [5, 5.41) is 4.26. The van der Waals surface area contributed by atoms with E-state index in [0.29, 0.717) is 0 Å². The minimum atomic E-state index is -1.60. The van der Waals surface area contributed by atoms with Crippen molar-refractivity contribution in [1.29, 1.82) is 0 Å². The number of ether oxygens (including phenoxy) is 8. The van der Waals surface area contributed by atoms with E-state index in [4.69, 9.17) is 37.9 Å². The first-order valence-electron chi connectivity index (χ1n) is 20.6. The maximum atomic E-state index is 13.9. The molecule has 0 saturated carbocycles. The van der Waals surface area contributed by atoms with Crippen LogP contribution < -0.4 is 10.6 Å². The summed E-state index contributed by atoms with van der Waals surface area (Å²) in [6.45, 7) is 26.7. The predicted molar refractivity (Wildman–Crippen MR) is 225 cm³/mol. The van der Waals surface area contributed by atoms with E-state index in [2.05, 4.69) is 10.6 Å². The van der Waals surface area contributed by atoms with Gasteiger partial charge in [0.05, 0.1) is 32.3 Å². The minimum absolute atomic E-state index is 0.503. The number of thioether (sulfide) groups is 1. The Morgan fingerprint density at radius 1 is 0.468 bits per heavy atom. The lowest BCUT2D eigenvalue weighted by Gasteiger charge is -2.50. The van der Waals surface area contributed by atoms with Crippen LogP contribution in [0.1, 0.15) is 125 Å². The van der Waals surface area contributed by atoms with Crippen molar-refractivity contribution in [3.05, 3.63) is 0 Å². The maximum Gasteiger partial charge on any atom is 0.313 e. The summed E-state index contributed by atoms with van der Waals surface area (Å²) in [6, 6.07) is -2.71. The van der Waals surface area contributed by atoms with Gasteiger partial charge in [-0.05, 0) is 104 Å². The van der Waals surface area contributed by atoms with Crippen LogP contribution in [0.5, 0.6) is 0 Å². The first-order chi connectivity index (χ1) is 27.9. The summed E-state index contributed by atoms with van der Waals surface area (Å²) < 4.78 is 48.4. The minimum Gasteiger partial charge on any atom is -0.462 e. The Morgan fingerprint density at radius 3 is 1.26 bits per heavy atom. The van der Waals surface area contributed by atoms with Crippen molar-refractivity contribution in [2.75, 3.05) is 13.2 Å². The molecular weight excluding hydrogens is 833 g/mol. The van der Waals surface area contributed by atoms with Gasteiger partial charge >= 0.3 is 35.8 Å². The topological polar surface area (TPSA) is 234 Å². The van der Waals surface area contributed by atoms with E-state index in [0.717, 1.165) is 18.7 Å². The standard InChI is InChI=1S/C43H70N2O16S/c1-21(46)44-26-30(60-37(52)42(13,14)15)31(25(20-55-35(50)40(7,8)9)57-32(26)61-38(53)43(16,17)18)62-33-27(45-22(2)47)29(56-23(3)48)28(59-36(51)41(10,11)12)24(58-33)19-54-34(49)39(4,5)6/h24-33H,19-20H2,1-18H3,(H,44,46)(H,45,47)/t24-,25-,26-,27-,28+,29-,30-,31+,32+,33+/m1/s1. The van der Waals surface area contributed by atoms with Crippen molar-refractivity contribution < 1.29 is 76.3 Å². The van der Waals surface area contributed by atoms with Gasteiger partial charge in [0.15, 0.2) is 12.2 Å². The Hall–Kier alpha value is -3.97. The highest BCUT2D eigenvalue weighted by atomic mass is 32.2. The molecule has 0 aromatic carbocycles.